The molecule has 2 N–H and O–H groups in total. The monoisotopic (exact) mass is 445 g/mol. The molecule has 0 aliphatic heterocycles. The first kappa shape index (κ1) is 21.5. The first-order valence-electron chi connectivity index (χ1n) is 8.92. The highest BCUT2D eigenvalue weighted by Gasteiger charge is 2.17. The van der Waals surface area contributed by atoms with Crippen molar-refractivity contribution in [2.45, 2.75) is 18.7 Å². The van der Waals surface area contributed by atoms with Crippen molar-refractivity contribution in [3.05, 3.63) is 70.7 Å². The number of sulfonamides is 1. The zero-order chi connectivity index (χ0) is 21.7. The van der Waals surface area contributed by atoms with Crippen LogP contribution in [0.25, 0.3) is 0 Å². The Hall–Kier alpha value is -3.24. The molecule has 1 heterocycles. The maximum absolute atomic E-state index is 12.5. The van der Waals surface area contributed by atoms with Gasteiger partial charge in [0, 0.05) is 16.6 Å². The van der Waals surface area contributed by atoms with E-state index in [0.29, 0.717) is 0 Å². The van der Waals surface area contributed by atoms with Crippen LogP contribution in [0.5, 0.6) is 0 Å². The predicted octanol–water partition coefficient (Wildman–Crippen LogP) is 3.68. The van der Waals surface area contributed by atoms with E-state index in [1.54, 1.807) is 37.3 Å². The Morgan fingerprint density at radius 1 is 1.13 bits per heavy atom. The van der Waals surface area contributed by atoms with Gasteiger partial charge in [-0.3, -0.25) is 14.8 Å². The standard InChI is InChI=1S/C20H19N3O5S2/c1-3-28-19(25)17-12-29-20(21-17)22-18(24)14-5-4-6-15(11-14)23-30(26,27)16-9-7-13(2)8-10-16/h4-12,23H,3H2,1-2H3,(H,21,22,24). The number of benzene rings is 2. The summed E-state index contributed by atoms with van der Waals surface area (Å²) in [5.41, 5.74) is 1.53. The summed E-state index contributed by atoms with van der Waals surface area (Å²) in [5, 5.41) is 4.30. The lowest BCUT2D eigenvalue weighted by Gasteiger charge is -2.10. The van der Waals surface area contributed by atoms with Crippen LogP contribution in [0.1, 0.15) is 33.3 Å². The second-order valence-electron chi connectivity index (χ2n) is 6.21. The molecule has 0 radical (unpaired) electrons. The minimum atomic E-state index is -3.79. The normalized spacial score (nSPS) is 11.0. The minimum Gasteiger partial charge on any atom is -0.461 e. The van der Waals surface area contributed by atoms with E-state index in [0.717, 1.165) is 16.9 Å². The van der Waals surface area contributed by atoms with E-state index in [2.05, 4.69) is 15.0 Å². The molecular weight excluding hydrogens is 426 g/mol. The smallest absolute Gasteiger partial charge is 0.357 e. The number of nitrogens with one attached hydrogen (secondary N) is 2. The molecule has 10 heteroatoms. The Balaban J connectivity index is 1.72. The van der Waals surface area contributed by atoms with Gasteiger partial charge in [0.25, 0.3) is 15.9 Å². The topological polar surface area (TPSA) is 114 Å². The van der Waals surface area contributed by atoms with Crippen LogP contribution < -0.4 is 10.0 Å². The van der Waals surface area contributed by atoms with Gasteiger partial charge >= 0.3 is 5.97 Å². The third kappa shape index (κ3) is 5.22. The van der Waals surface area contributed by atoms with Crippen LogP contribution in [0.4, 0.5) is 10.8 Å². The molecule has 0 fully saturated rings. The minimum absolute atomic E-state index is 0.108. The number of aryl methyl sites for hydroxylation is 1. The maximum atomic E-state index is 12.5. The van der Waals surface area contributed by atoms with E-state index in [1.165, 1.54) is 23.6 Å². The summed E-state index contributed by atoms with van der Waals surface area (Å²) in [6.45, 7) is 3.78. The number of carbonyl (C=O) groups is 2. The van der Waals surface area contributed by atoms with Crippen LogP contribution in [0.15, 0.2) is 58.8 Å². The molecule has 2 aromatic carbocycles. The first-order chi connectivity index (χ1) is 14.3. The van der Waals surface area contributed by atoms with Gasteiger partial charge in [-0.25, -0.2) is 18.2 Å². The van der Waals surface area contributed by atoms with Crippen LogP contribution in [0, 0.1) is 6.92 Å². The number of anilines is 2. The molecule has 3 aromatic rings. The number of nitrogens with zero attached hydrogens (tertiary/aromatic N) is 1. The first-order valence-corrected chi connectivity index (χ1v) is 11.3. The molecule has 0 bridgehead atoms. The molecule has 1 amide bonds. The molecule has 0 atom stereocenters. The summed E-state index contributed by atoms with van der Waals surface area (Å²) in [6.07, 6.45) is 0. The fourth-order valence-electron chi connectivity index (χ4n) is 2.45. The van der Waals surface area contributed by atoms with Gasteiger partial charge in [0.1, 0.15) is 0 Å². The van der Waals surface area contributed by atoms with E-state index < -0.39 is 21.9 Å². The second kappa shape index (κ2) is 9.06. The molecule has 8 nitrogen and oxygen atoms in total. The van der Waals surface area contributed by atoms with E-state index in [-0.39, 0.29) is 33.6 Å². The van der Waals surface area contributed by atoms with E-state index in [4.69, 9.17) is 4.74 Å². The number of hydrogen-bond acceptors (Lipinski definition) is 7. The third-order valence-corrected chi connectivity index (χ3v) is 6.07. The van der Waals surface area contributed by atoms with Crippen molar-refractivity contribution in [3.63, 3.8) is 0 Å². The van der Waals surface area contributed by atoms with Gasteiger partial charge < -0.3 is 4.74 Å². The fraction of sp³-hybridized carbons (Fsp3) is 0.150. The van der Waals surface area contributed by atoms with Crippen molar-refractivity contribution in [1.82, 2.24) is 4.98 Å². The number of ether oxygens (including phenoxy) is 1. The average molecular weight is 446 g/mol. The van der Waals surface area contributed by atoms with Crippen LogP contribution in [0.3, 0.4) is 0 Å². The van der Waals surface area contributed by atoms with E-state index in [1.807, 2.05) is 6.92 Å². The van der Waals surface area contributed by atoms with Crippen molar-refractivity contribution in [1.29, 1.82) is 0 Å². The SMILES string of the molecule is CCOC(=O)c1csc(NC(=O)c2cccc(NS(=O)(=O)c3ccc(C)cc3)c2)n1. The lowest BCUT2D eigenvalue weighted by atomic mass is 10.2. The van der Waals surface area contributed by atoms with Crippen molar-refractivity contribution < 1.29 is 22.7 Å². The number of carbonyl (C=O) groups excluding carboxylic acids is 2. The Kier molecular flexibility index (Phi) is 6.48. The molecular formula is C20H19N3O5S2. The number of amides is 1. The summed E-state index contributed by atoms with van der Waals surface area (Å²) in [4.78, 5) is 28.3. The van der Waals surface area contributed by atoms with Crippen LogP contribution in [-0.4, -0.2) is 31.9 Å². The Morgan fingerprint density at radius 3 is 2.57 bits per heavy atom. The number of hydrogen-bond donors (Lipinski definition) is 2. The summed E-state index contributed by atoms with van der Waals surface area (Å²) in [6, 6.07) is 12.5. The van der Waals surface area contributed by atoms with Gasteiger partial charge in [-0.15, -0.1) is 11.3 Å². The van der Waals surface area contributed by atoms with Crippen molar-refractivity contribution in [3.8, 4) is 0 Å². The summed E-state index contributed by atoms with van der Waals surface area (Å²) >= 11 is 1.08. The lowest BCUT2D eigenvalue weighted by Crippen LogP contribution is -2.15. The van der Waals surface area contributed by atoms with E-state index in [9.17, 15) is 18.0 Å². The fourth-order valence-corrected chi connectivity index (χ4v) is 4.18. The molecule has 30 heavy (non-hydrogen) atoms. The molecule has 156 valence electrons. The molecule has 1 aromatic heterocycles. The summed E-state index contributed by atoms with van der Waals surface area (Å²) in [7, 11) is -3.79. The summed E-state index contributed by atoms with van der Waals surface area (Å²) < 4.78 is 32.4. The van der Waals surface area contributed by atoms with Gasteiger partial charge in [0.15, 0.2) is 10.8 Å². The van der Waals surface area contributed by atoms with Gasteiger partial charge in [-0.05, 0) is 44.2 Å². The van der Waals surface area contributed by atoms with Crippen molar-refractivity contribution >= 4 is 44.1 Å². The highest BCUT2D eigenvalue weighted by atomic mass is 32.2. The molecule has 0 spiro atoms. The van der Waals surface area contributed by atoms with Crippen molar-refractivity contribution in [2.24, 2.45) is 0 Å². The van der Waals surface area contributed by atoms with Crippen LogP contribution in [-0.2, 0) is 14.8 Å². The molecule has 0 aliphatic rings. The predicted molar refractivity (Wildman–Crippen MR) is 114 cm³/mol. The number of aromatic nitrogens is 1. The van der Waals surface area contributed by atoms with E-state index >= 15 is 0 Å². The molecule has 3 rings (SSSR count). The third-order valence-electron chi connectivity index (χ3n) is 3.92. The highest BCUT2D eigenvalue weighted by Crippen LogP contribution is 2.20. The van der Waals surface area contributed by atoms with Crippen molar-refractivity contribution in [2.75, 3.05) is 16.6 Å². The van der Waals surface area contributed by atoms with Gasteiger partial charge in [-0.1, -0.05) is 23.8 Å². The lowest BCUT2D eigenvalue weighted by molar-refractivity contribution is 0.0520. The number of esters is 1. The molecule has 0 unspecified atom stereocenters. The maximum Gasteiger partial charge on any atom is 0.357 e. The largest absolute Gasteiger partial charge is 0.461 e. The van der Waals surface area contributed by atoms with Crippen LogP contribution >= 0.6 is 11.3 Å². The van der Waals surface area contributed by atoms with Crippen LogP contribution in [0.2, 0.25) is 0 Å². The molecule has 0 saturated carbocycles. The number of rotatable bonds is 7. The Labute approximate surface area is 178 Å². The number of thiazole rings is 1. The highest BCUT2D eigenvalue weighted by molar-refractivity contribution is 7.92. The van der Waals surface area contributed by atoms with Gasteiger partial charge in [0.05, 0.1) is 11.5 Å². The average Bonchev–Trinajstić information content (AvgIpc) is 3.17. The molecule has 0 aliphatic carbocycles. The molecule has 0 saturated heterocycles. The zero-order valence-electron chi connectivity index (χ0n) is 16.2. The summed E-state index contributed by atoms with van der Waals surface area (Å²) in [5.74, 6) is -1.06. The Morgan fingerprint density at radius 2 is 1.87 bits per heavy atom. The zero-order valence-corrected chi connectivity index (χ0v) is 17.8. The van der Waals surface area contributed by atoms with Gasteiger partial charge in [0.2, 0.25) is 0 Å². The quantitative estimate of drug-likeness (QED) is 0.536. The second-order valence-corrected chi connectivity index (χ2v) is 8.75. The van der Waals surface area contributed by atoms with Gasteiger partial charge in [-0.2, -0.15) is 0 Å². The Bertz CT molecular complexity index is 1170.